The molecule has 1 unspecified atom stereocenters. The number of thiophene rings is 1. The lowest BCUT2D eigenvalue weighted by Gasteiger charge is -2.21. The molecule has 2 aromatic rings. The van der Waals surface area contributed by atoms with Crippen molar-refractivity contribution < 1.29 is 0 Å². The molecule has 1 atom stereocenters. The largest absolute Gasteiger partial charge is 0.311 e. The van der Waals surface area contributed by atoms with Gasteiger partial charge >= 0.3 is 0 Å². The summed E-state index contributed by atoms with van der Waals surface area (Å²) in [7, 11) is 0. The molecule has 0 aliphatic carbocycles. The molecule has 1 nitrogen and oxygen atoms in total. The Morgan fingerprint density at radius 1 is 1.21 bits per heavy atom. The van der Waals surface area contributed by atoms with Gasteiger partial charge in [0, 0.05) is 16.8 Å². The van der Waals surface area contributed by atoms with E-state index < -0.39 is 0 Å². The van der Waals surface area contributed by atoms with E-state index in [-0.39, 0.29) is 0 Å². The van der Waals surface area contributed by atoms with Gasteiger partial charge in [-0.2, -0.15) is 0 Å². The maximum absolute atomic E-state index is 3.72. The maximum Gasteiger partial charge on any atom is 0.0345 e. The minimum atomic E-state index is 0.562. The third-order valence-electron chi connectivity index (χ3n) is 3.50. The summed E-state index contributed by atoms with van der Waals surface area (Å²) >= 11 is 1.87. The van der Waals surface area contributed by atoms with Gasteiger partial charge in [-0.15, -0.1) is 11.3 Å². The van der Waals surface area contributed by atoms with Crippen molar-refractivity contribution in [3.05, 3.63) is 35.2 Å². The molecule has 1 heterocycles. The highest BCUT2D eigenvalue weighted by Gasteiger charge is 2.13. The van der Waals surface area contributed by atoms with Crippen molar-refractivity contribution in [2.75, 3.05) is 0 Å². The van der Waals surface area contributed by atoms with Crippen molar-refractivity contribution in [1.82, 2.24) is 5.32 Å². The van der Waals surface area contributed by atoms with Crippen molar-refractivity contribution in [2.45, 2.75) is 58.5 Å². The van der Waals surface area contributed by atoms with Gasteiger partial charge in [0.15, 0.2) is 0 Å². The molecular formula is C17H25NS. The number of unbranched alkanes of at least 4 members (excludes halogenated alkanes) is 1. The molecule has 19 heavy (non-hydrogen) atoms. The summed E-state index contributed by atoms with van der Waals surface area (Å²) in [6.45, 7) is 6.75. The van der Waals surface area contributed by atoms with Crippen LogP contribution in [0.5, 0.6) is 0 Å². The van der Waals surface area contributed by atoms with E-state index in [1.807, 2.05) is 11.3 Å². The minimum Gasteiger partial charge on any atom is -0.311 e. The average Bonchev–Trinajstić information content (AvgIpc) is 2.79. The lowest BCUT2D eigenvalue weighted by atomic mass is 10.00. The number of hydrogen-bond donors (Lipinski definition) is 1. The van der Waals surface area contributed by atoms with Crippen LogP contribution in [0, 0.1) is 0 Å². The molecule has 0 aliphatic heterocycles. The summed E-state index contributed by atoms with van der Waals surface area (Å²) < 4.78 is 1.41. The normalized spacial score (nSPS) is 13.3. The summed E-state index contributed by atoms with van der Waals surface area (Å²) in [6, 6.07) is 9.93. The standard InChI is InChI=1S/C17H25NS/c1-4-5-8-15(18-13(2)3)11-14-12-19-17-10-7-6-9-16(14)17/h6-7,9-10,12-13,15,18H,4-5,8,11H2,1-3H3. The molecule has 0 bridgehead atoms. The summed E-state index contributed by atoms with van der Waals surface area (Å²) in [5.74, 6) is 0. The van der Waals surface area contributed by atoms with Gasteiger partial charge in [-0.1, -0.05) is 51.8 Å². The number of hydrogen-bond acceptors (Lipinski definition) is 2. The third kappa shape index (κ3) is 4.05. The first-order valence-corrected chi connectivity index (χ1v) is 8.29. The van der Waals surface area contributed by atoms with E-state index in [0.717, 1.165) is 6.42 Å². The van der Waals surface area contributed by atoms with Crippen LogP contribution < -0.4 is 5.32 Å². The summed E-state index contributed by atoms with van der Waals surface area (Å²) in [6.07, 6.45) is 5.02. The Labute approximate surface area is 121 Å². The lowest BCUT2D eigenvalue weighted by Crippen LogP contribution is -2.36. The fourth-order valence-electron chi connectivity index (χ4n) is 2.62. The fraction of sp³-hybridized carbons (Fsp3) is 0.529. The quantitative estimate of drug-likeness (QED) is 0.749. The van der Waals surface area contributed by atoms with E-state index in [1.54, 1.807) is 0 Å². The Morgan fingerprint density at radius 2 is 2.00 bits per heavy atom. The Balaban J connectivity index is 2.11. The Hall–Kier alpha value is -0.860. The predicted molar refractivity (Wildman–Crippen MR) is 87.1 cm³/mol. The van der Waals surface area contributed by atoms with Gasteiger partial charge < -0.3 is 5.32 Å². The molecular weight excluding hydrogens is 250 g/mol. The molecule has 1 N–H and O–H groups in total. The van der Waals surface area contributed by atoms with Gasteiger partial charge in [-0.25, -0.2) is 0 Å². The highest BCUT2D eigenvalue weighted by atomic mass is 32.1. The first kappa shape index (κ1) is 14.5. The van der Waals surface area contributed by atoms with Gasteiger partial charge in [-0.3, -0.25) is 0 Å². The Morgan fingerprint density at radius 3 is 2.74 bits per heavy atom. The molecule has 0 amide bonds. The molecule has 0 fully saturated rings. The lowest BCUT2D eigenvalue weighted by molar-refractivity contribution is 0.426. The maximum atomic E-state index is 3.72. The molecule has 1 aromatic heterocycles. The smallest absolute Gasteiger partial charge is 0.0345 e. The van der Waals surface area contributed by atoms with Gasteiger partial charge in [0.2, 0.25) is 0 Å². The van der Waals surface area contributed by atoms with Crippen LogP contribution in [0.25, 0.3) is 10.1 Å². The molecule has 0 radical (unpaired) electrons. The van der Waals surface area contributed by atoms with Crippen LogP contribution in [0.15, 0.2) is 29.6 Å². The monoisotopic (exact) mass is 275 g/mol. The van der Waals surface area contributed by atoms with Gasteiger partial charge in [0.25, 0.3) is 0 Å². The second-order valence-corrected chi connectivity index (χ2v) is 6.53. The van der Waals surface area contributed by atoms with Crippen molar-refractivity contribution in [2.24, 2.45) is 0 Å². The molecule has 0 spiro atoms. The molecule has 104 valence electrons. The molecule has 1 aromatic carbocycles. The van der Waals surface area contributed by atoms with Crippen molar-refractivity contribution in [3.63, 3.8) is 0 Å². The highest BCUT2D eigenvalue weighted by Crippen LogP contribution is 2.27. The van der Waals surface area contributed by atoms with Gasteiger partial charge in [0.1, 0.15) is 0 Å². The summed E-state index contributed by atoms with van der Waals surface area (Å²) in [5.41, 5.74) is 1.51. The Kier molecular flexibility index (Phi) is 5.41. The van der Waals surface area contributed by atoms with Crippen molar-refractivity contribution >= 4 is 21.4 Å². The molecule has 0 saturated carbocycles. The number of fused-ring (bicyclic) bond motifs is 1. The summed E-state index contributed by atoms with van der Waals surface area (Å²) in [4.78, 5) is 0. The first-order valence-electron chi connectivity index (χ1n) is 7.42. The molecule has 0 aliphatic rings. The topological polar surface area (TPSA) is 12.0 Å². The second-order valence-electron chi connectivity index (χ2n) is 5.62. The van der Waals surface area contributed by atoms with E-state index in [2.05, 4.69) is 55.7 Å². The van der Waals surface area contributed by atoms with Gasteiger partial charge in [0.05, 0.1) is 0 Å². The van der Waals surface area contributed by atoms with Crippen LogP contribution in [-0.2, 0) is 6.42 Å². The zero-order chi connectivity index (χ0) is 13.7. The molecule has 0 saturated heterocycles. The SMILES string of the molecule is CCCCC(Cc1csc2ccccc12)NC(C)C. The minimum absolute atomic E-state index is 0.562. The molecule has 2 heteroatoms. The van der Waals surface area contributed by atoms with E-state index in [9.17, 15) is 0 Å². The Bertz CT molecular complexity index is 501. The zero-order valence-corrected chi connectivity index (χ0v) is 13.1. The van der Waals surface area contributed by atoms with E-state index >= 15 is 0 Å². The summed E-state index contributed by atoms with van der Waals surface area (Å²) in [5, 5.41) is 7.51. The van der Waals surface area contributed by atoms with Crippen LogP contribution in [0.4, 0.5) is 0 Å². The second kappa shape index (κ2) is 7.06. The van der Waals surface area contributed by atoms with Crippen LogP contribution in [-0.4, -0.2) is 12.1 Å². The van der Waals surface area contributed by atoms with Crippen LogP contribution >= 0.6 is 11.3 Å². The van der Waals surface area contributed by atoms with Crippen LogP contribution in [0.2, 0.25) is 0 Å². The van der Waals surface area contributed by atoms with Crippen LogP contribution in [0.3, 0.4) is 0 Å². The number of benzene rings is 1. The van der Waals surface area contributed by atoms with E-state index in [4.69, 9.17) is 0 Å². The van der Waals surface area contributed by atoms with E-state index in [1.165, 1.54) is 34.9 Å². The first-order chi connectivity index (χ1) is 9.20. The van der Waals surface area contributed by atoms with Crippen molar-refractivity contribution in [3.8, 4) is 0 Å². The number of rotatable bonds is 7. The highest BCUT2D eigenvalue weighted by molar-refractivity contribution is 7.17. The fourth-order valence-corrected chi connectivity index (χ4v) is 3.60. The predicted octanol–water partition coefficient (Wildman–Crippen LogP) is 5.00. The average molecular weight is 275 g/mol. The number of nitrogens with one attached hydrogen (secondary N) is 1. The zero-order valence-electron chi connectivity index (χ0n) is 12.3. The van der Waals surface area contributed by atoms with Crippen molar-refractivity contribution in [1.29, 1.82) is 0 Å². The van der Waals surface area contributed by atoms with E-state index in [0.29, 0.717) is 12.1 Å². The molecule has 2 rings (SSSR count). The third-order valence-corrected chi connectivity index (χ3v) is 4.51. The van der Waals surface area contributed by atoms with Gasteiger partial charge in [-0.05, 0) is 35.2 Å². The van der Waals surface area contributed by atoms with Crippen LogP contribution in [0.1, 0.15) is 45.6 Å².